The lowest BCUT2D eigenvalue weighted by Gasteiger charge is -2.24. The number of carbonyl (C=O) groups is 6. The molecule has 1 aliphatic rings. The molecule has 1 aromatic rings. The molecule has 1 aliphatic heterocycles. The van der Waals surface area contributed by atoms with Gasteiger partial charge in [-0.25, -0.2) is 4.68 Å². The van der Waals surface area contributed by atoms with E-state index in [-0.39, 0.29) is 50.0 Å². The number of amides is 5. The van der Waals surface area contributed by atoms with E-state index in [9.17, 15) is 33.9 Å². The van der Waals surface area contributed by atoms with E-state index in [1.54, 1.807) is 0 Å². The number of nitrogens with zero attached hydrogens (tertiary/aromatic N) is 4. The molecule has 0 saturated heterocycles. The summed E-state index contributed by atoms with van der Waals surface area (Å²) in [6.07, 6.45) is 1.32. The maximum absolute atomic E-state index is 13.2. The molecule has 0 aliphatic carbocycles. The van der Waals surface area contributed by atoms with Gasteiger partial charge in [0, 0.05) is 6.54 Å². The maximum atomic E-state index is 13.2. The van der Waals surface area contributed by atoms with Gasteiger partial charge in [0.25, 0.3) is 0 Å². The first-order valence-corrected chi connectivity index (χ1v) is 12.9. The molecular formula is C23H37N11O7. The van der Waals surface area contributed by atoms with E-state index in [1.165, 1.54) is 10.9 Å². The number of carbonyl (C=O) groups excluding carboxylic acids is 5. The standard InChI is InChI=1S/C23H37N11O7/c1-12(2)6-15-22(41)31-14(4-3-5-26-23(24)25)20(39)28-9-17(35)29-16(7-19(37)38)21(40)27-8-13-10-34(33-32-13)11-18(36)30-15/h10,12,14-16H,3-9,11H2,1-2H3,(H,27,40)(H,28,39)(H,29,35)(H,30,36)(H,31,41)(H,37,38)(H4,24,25,26)/t14-,15+,16-/m1/s1. The van der Waals surface area contributed by atoms with Crippen LogP contribution in [0.4, 0.5) is 0 Å². The lowest BCUT2D eigenvalue weighted by atomic mass is 10.0. The molecule has 2 rings (SSSR count). The summed E-state index contributed by atoms with van der Waals surface area (Å²) >= 11 is 0. The fraction of sp³-hybridized carbons (Fsp3) is 0.609. The summed E-state index contributed by atoms with van der Waals surface area (Å²) < 4.78 is 1.20. The van der Waals surface area contributed by atoms with Gasteiger partial charge in [-0.3, -0.25) is 33.8 Å². The van der Waals surface area contributed by atoms with Gasteiger partial charge in [0.05, 0.1) is 25.7 Å². The number of nitrogens with two attached hydrogens (primary N) is 2. The summed E-state index contributed by atoms with van der Waals surface area (Å²) in [5, 5.41) is 29.3. The molecule has 0 fully saturated rings. The third-order valence-corrected chi connectivity index (χ3v) is 5.73. The lowest BCUT2D eigenvalue weighted by Crippen LogP contribution is -2.55. The van der Waals surface area contributed by atoms with Crippen LogP contribution in [-0.2, 0) is 41.9 Å². The van der Waals surface area contributed by atoms with Gasteiger partial charge in [0.1, 0.15) is 30.4 Å². The van der Waals surface area contributed by atoms with Gasteiger partial charge in [0.15, 0.2) is 5.96 Å². The average molecular weight is 580 g/mol. The Hall–Kier alpha value is -4.77. The topological polar surface area (TPSA) is 278 Å². The summed E-state index contributed by atoms with van der Waals surface area (Å²) in [7, 11) is 0. The van der Waals surface area contributed by atoms with Gasteiger partial charge in [-0.15, -0.1) is 5.10 Å². The Morgan fingerprint density at radius 3 is 2.32 bits per heavy atom. The Morgan fingerprint density at radius 2 is 1.66 bits per heavy atom. The second-order valence-corrected chi connectivity index (χ2v) is 9.82. The van der Waals surface area contributed by atoms with Crippen molar-refractivity contribution in [2.75, 3.05) is 13.1 Å². The quantitative estimate of drug-likeness (QED) is 0.0835. The molecule has 2 bridgehead atoms. The number of aliphatic imine (C=N–C) groups is 1. The third kappa shape index (κ3) is 11.9. The second-order valence-electron chi connectivity index (χ2n) is 9.82. The first-order chi connectivity index (χ1) is 19.3. The van der Waals surface area contributed by atoms with Crippen molar-refractivity contribution in [1.29, 1.82) is 0 Å². The summed E-state index contributed by atoms with van der Waals surface area (Å²) in [6, 6.07) is -3.57. The molecule has 0 aromatic carbocycles. The third-order valence-electron chi connectivity index (χ3n) is 5.73. The van der Waals surface area contributed by atoms with Gasteiger partial charge < -0.3 is 43.2 Å². The molecule has 10 N–H and O–H groups in total. The Bertz CT molecular complexity index is 1150. The molecule has 0 spiro atoms. The van der Waals surface area contributed by atoms with Gasteiger partial charge >= 0.3 is 5.97 Å². The molecule has 226 valence electrons. The van der Waals surface area contributed by atoms with Crippen molar-refractivity contribution >= 4 is 41.5 Å². The zero-order chi connectivity index (χ0) is 30.5. The highest BCUT2D eigenvalue weighted by Crippen LogP contribution is 2.08. The van der Waals surface area contributed by atoms with Gasteiger partial charge in [-0.05, 0) is 25.2 Å². The van der Waals surface area contributed by atoms with Gasteiger partial charge in [0.2, 0.25) is 29.5 Å². The van der Waals surface area contributed by atoms with E-state index in [4.69, 9.17) is 11.5 Å². The fourth-order valence-electron chi connectivity index (χ4n) is 3.85. The summed E-state index contributed by atoms with van der Waals surface area (Å²) in [6.45, 7) is 2.83. The predicted octanol–water partition coefficient (Wildman–Crippen LogP) is -3.95. The van der Waals surface area contributed by atoms with E-state index in [2.05, 4.69) is 41.9 Å². The lowest BCUT2D eigenvalue weighted by molar-refractivity contribution is -0.140. The van der Waals surface area contributed by atoms with Crippen LogP contribution in [0, 0.1) is 5.92 Å². The zero-order valence-electron chi connectivity index (χ0n) is 22.9. The highest BCUT2D eigenvalue weighted by atomic mass is 16.4. The molecule has 0 saturated carbocycles. The molecule has 0 radical (unpaired) electrons. The first kappa shape index (κ1) is 32.4. The van der Waals surface area contributed by atoms with Gasteiger partial charge in [-0.1, -0.05) is 19.1 Å². The zero-order valence-corrected chi connectivity index (χ0v) is 22.9. The second kappa shape index (κ2) is 15.7. The van der Waals surface area contributed by atoms with E-state index >= 15 is 0 Å². The molecule has 1 aromatic heterocycles. The average Bonchev–Trinajstić information content (AvgIpc) is 3.32. The number of nitrogens with one attached hydrogen (secondary N) is 5. The Balaban J connectivity index is 2.32. The molecule has 18 nitrogen and oxygen atoms in total. The largest absolute Gasteiger partial charge is 0.481 e. The Labute approximate surface area is 235 Å². The molecule has 41 heavy (non-hydrogen) atoms. The number of aromatic nitrogens is 3. The van der Waals surface area contributed by atoms with Crippen LogP contribution in [0.2, 0.25) is 0 Å². The van der Waals surface area contributed by atoms with E-state index < -0.39 is 66.6 Å². The maximum Gasteiger partial charge on any atom is 0.305 e. The van der Waals surface area contributed by atoms with Crippen LogP contribution >= 0.6 is 0 Å². The van der Waals surface area contributed by atoms with Crippen LogP contribution in [0.15, 0.2) is 11.2 Å². The summed E-state index contributed by atoms with van der Waals surface area (Å²) in [4.78, 5) is 79.2. The number of aliphatic carboxylic acids is 1. The van der Waals surface area contributed by atoms with Crippen molar-refractivity contribution in [3.05, 3.63) is 11.9 Å². The van der Waals surface area contributed by atoms with Crippen LogP contribution in [0.5, 0.6) is 0 Å². The number of carboxylic acid groups (broad SMARTS) is 1. The van der Waals surface area contributed by atoms with Crippen molar-refractivity contribution in [2.45, 2.75) is 70.7 Å². The number of guanidine groups is 1. The monoisotopic (exact) mass is 579 g/mol. The van der Waals surface area contributed by atoms with Crippen molar-refractivity contribution in [1.82, 2.24) is 41.6 Å². The molecular weight excluding hydrogens is 542 g/mol. The number of hydrogen-bond donors (Lipinski definition) is 8. The smallest absolute Gasteiger partial charge is 0.305 e. The summed E-state index contributed by atoms with van der Waals surface area (Å²) in [5.41, 5.74) is 10.9. The van der Waals surface area contributed by atoms with Crippen LogP contribution in [-0.4, -0.2) is 92.8 Å². The first-order valence-electron chi connectivity index (χ1n) is 12.9. The van der Waals surface area contributed by atoms with E-state index in [1.807, 2.05) is 13.8 Å². The van der Waals surface area contributed by atoms with E-state index in [0.717, 1.165) is 0 Å². The van der Waals surface area contributed by atoms with Crippen molar-refractivity contribution in [3.8, 4) is 0 Å². The molecule has 5 amide bonds. The Kier molecular flexibility index (Phi) is 12.4. The van der Waals surface area contributed by atoms with Crippen LogP contribution in [0.1, 0.15) is 45.2 Å². The van der Waals surface area contributed by atoms with Crippen LogP contribution in [0.25, 0.3) is 0 Å². The number of fused-ring (bicyclic) bond motifs is 2. The molecule has 2 heterocycles. The van der Waals surface area contributed by atoms with Gasteiger partial charge in [-0.2, -0.15) is 0 Å². The van der Waals surface area contributed by atoms with Crippen molar-refractivity contribution in [2.24, 2.45) is 22.4 Å². The van der Waals surface area contributed by atoms with E-state index in [0.29, 0.717) is 6.42 Å². The van der Waals surface area contributed by atoms with Crippen LogP contribution < -0.4 is 38.1 Å². The normalized spacial score (nSPS) is 21.2. The Morgan fingerprint density at radius 1 is 1.00 bits per heavy atom. The SMILES string of the molecule is CC(C)C[C@@H]1NC(=O)Cn2cc(nn2)CNC(=O)[C@@H](CC(=O)O)NC(=O)CNC(=O)[C@@H](CCCN=C(N)N)NC1=O. The number of rotatable bonds is 8. The minimum atomic E-state index is -1.45. The highest BCUT2D eigenvalue weighted by molar-refractivity contribution is 5.95. The number of hydrogen-bond acceptors (Lipinski definition) is 9. The highest BCUT2D eigenvalue weighted by Gasteiger charge is 2.29. The van der Waals surface area contributed by atoms with Crippen molar-refractivity contribution in [3.63, 3.8) is 0 Å². The number of carboxylic acids is 1. The predicted molar refractivity (Wildman–Crippen MR) is 142 cm³/mol. The molecule has 3 atom stereocenters. The van der Waals surface area contributed by atoms with Crippen molar-refractivity contribution < 1.29 is 33.9 Å². The minimum Gasteiger partial charge on any atom is -0.481 e. The fourth-order valence-corrected chi connectivity index (χ4v) is 3.85. The molecule has 18 heteroatoms. The summed E-state index contributed by atoms with van der Waals surface area (Å²) in [5.74, 6) is -5.01. The minimum absolute atomic E-state index is 0.00540. The van der Waals surface area contributed by atoms with Crippen LogP contribution in [0.3, 0.4) is 0 Å². The molecule has 0 unspecified atom stereocenters.